The molecule has 5 aromatic rings. The molecule has 0 unspecified atom stereocenters. The molecule has 130 valence electrons. The first kappa shape index (κ1) is 15.4. The molecule has 0 spiro atoms. The topological polar surface area (TPSA) is 71.2 Å². The van der Waals surface area contributed by atoms with Gasteiger partial charge < -0.3 is 10.2 Å². The Morgan fingerprint density at radius 1 is 0.741 bits per heavy atom. The predicted molar refractivity (Wildman–Crippen MR) is 105 cm³/mol. The van der Waals surface area contributed by atoms with Crippen molar-refractivity contribution < 1.29 is 10.2 Å². The Bertz CT molecular complexity index is 1280. The molecule has 0 bridgehead atoms. The van der Waals surface area contributed by atoms with E-state index in [1.807, 2.05) is 36.4 Å². The first-order valence-corrected chi connectivity index (χ1v) is 8.56. The van der Waals surface area contributed by atoms with Gasteiger partial charge in [-0.15, -0.1) is 0 Å². The van der Waals surface area contributed by atoms with Crippen molar-refractivity contribution in [2.45, 2.75) is 0 Å². The summed E-state index contributed by atoms with van der Waals surface area (Å²) >= 11 is 0. The van der Waals surface area contributed by atoms with Gasteiger partial charge in [-0.2, -0.15) is 5.10 Å². The van der Waals surface area contributed by atoms with Crippen LogP contribution in [0.1, 0.15) is 0 Å². The summed E-state index contributed by atoms with van der Waals surface area (Å²) in [5.41, 5.74) is 4.11. The number of phenols is 2. The van der Waals surface area contributed by atoms with Gasteiger partial charge in [-0.05, 0) is 48.5 Å². The van der Waals surface area contributed by atoms with Gasteiger partial charge in [0, 0.05) is 16.3 Å². The first-order chi connectivity index (χ1) is 13.2. The number of hydrogen-bond acceptors (Lipinski definition) is 4. The van der Waals surface area contributed by atoms with E-state index in [0.717, 1.165) is 38.9 Å². The van der Waals surface area contributed by atoms with Crippen molar-refractivity contribution in [2.24, 2.45) is 0 Å². The van der Waals surface area contributed by atoms with E-state index < -0.39 is 0 Å². The number of pyridine rings is 1. The average molecular weight is 353 g/mol. The van der Waals surface area contributed by atoms with Gasteiger partial charge in [0.25, 0.3) is 0 Å². The van der Waals surface area contributed by atoms with E-state index >= 15 is 0 Å². The van der Waals surface area contributed by atoms with E-state index in [1.54, 1.807) is 47.1 Å². The Labute approximate surface area is 154 Å². The SMILES string of the molecule is Oc1ccc(-n2nc(-c3ccccc3)c3cc4cc(O)ccc4nc32)cc1. The number of rotatable bonds is 2. The summed E-state index contributed by atoms with van der Waals surface area (Å²) in [6.45, 7) is 0. The first-order valence-electron chi connectivity index (χ1n) is 8.56. The van der Waals surface area contributed by atoms with E-state index in [4.69, 9.17) is 10.1 Å². The van der Waals surface area contributed by atoms with Crippen molar-refractivity contribution in [1.82, 2.24) is 14.8 Å². The molecule has 0 radical (unpaired) electrons. The molecule has 0 aliphatic carbocycles. The van der Waals surface area contributed by atoms with Gasteiger partial charge in [0.2, 0.25) is 0 Å². The molecule has 0 atom stereocenters. The maximum absolute atomic E-state index is 9.83. The molecule has 5 heteroatoms. The highest BCUT2D eigenvalue weighted by Crippen LogP contribution is 2.32. The third kappa shape index (κ3) is 2.57. The second-order valence-corrected chi connectivity index (χ2v) is 6.38. The zero-order chi connectivity index (χ0) is 18.4. The van der Waals surface area contributed by atoms with Crippen LogP contribution in [0, 0.1) is 0 Å². The van der Waals surface area contributed by atoms with E-state index in [1.165, 1.54) is 0 Å². The van der Waals surface area contributed by atoms with Crippen molar-refractivity contribution in [3.05, 3.63) is 78.9 Å². The lowest BCUT2D eigenvalue weighted by Gasteiger charge is -2.04. The lowest BCUT2D eigenvalue weighted by Crippen LogP contribution is -1.97. The maximum Gasteiger partial charge on any atom is 0.164 e. The minimum absolute atomic E-state index is 0.201. The second-order valence-electron chi connectivity index (χ2n) is 6.38. The smallest absolute Gasteiger partial charge is 0.164 e. The zero-order valence-electron chi connectivity index (χ0n) is 14.2. The fourth-order valence-corrected chi connectivity index (χ4v) is 3.27. The van der Waals surface area contributed by atoms with Crippen LogP contribution < -0.4 is 0 Å². The number of aromatic nitrogens is 3. The van der Waals surface area contributed by atoms with Gasteiger partial charge in [0.05, 0.1) is 11.2 Å². The van der Waals surface area contributed by atoms with Crippen molar-refractivity contribution >= 4 is 21.9 Å². The highest BCUT2D eigenvalue weighted by Gasteiger charge is 2.16. The monoisotopic (exact) mass is 353 g/mol. The van der Waals surface area contributed by atoms with Crippen molar-refractivity contribution in [1.29, 1.82) is 0 Å². The van der Waals surface area contributed by atoms with Crippen LogP contribution in [-0.2, 0) is 0 Å². The third-order valence-electron chi connectivity index (χ3n) is 4.58. The highest BCUT2D eigenvalue weighted by molar-refractivity contribution is 5.99. The van der Waals surface area contributed by atoms with Gasteiger partial charge in [-0.3, -0.25) is 0 Å². The van der Waals surface area contributed by atoms with Crippen molar-refractivity contribution in [3.8, 4) is 28.4 Å². The Morgan fingerprint density at radius 3 is 2.26 bits per heavy atom. The van der Waals surface area contributed by atoms with Crippen LogP contribution in [-0.4, -0.2) is 25.0 Å². The van der Waals surface area contributed by atoms with E-state index in [9.17, 15) is 10.2 Å². The molecule has 0 fully saturated rings. The molecule has 2 heterocycles. The molecule has 2 N–H and O–H groups in total. The lowest BCUT2D eigenvalue weighted by atomic mass is 10.1. The fraction of sp³-hybridized carbons (Fsp3) is 0. The number of phenolic OH excluding ortho intramolecular Hbond substituents is 2. The molecule has 27 heavy (non-hydrogen) atoms. The largest absolute Gasteiger partial charge is 0.508 e. The quantitative estimate of drug-likeness (QED) is 0.484. The average Bonchev–Trinajstić information content (AvgIpc) is 3.06. The number of hydrogen-bond donors (Lipinski definition) is 2. The van der Waals surface area contributed by atoms with Crippen molar-refractivity contribution in [3.63, 3.8) is 0 Å². The van der Waals surface area contributed by atoms with Crippen LogP contribution in [0.4, 0.5) is 0 Å². The summed E-state index contributed by atoms with van der Waals surface area (Å²) in [6, 6.07) is 23.9. The maximum atomic E-state index is 9.83. The predicted octanol–water partition coefficient (Wildman–Crippen LogP) is 4.65. The summed E-state index contributed by atoms with van der Waals surface area (Å²) in [5.74, 6) is 0.406. The van der Waals surface area contributed by atoms with Crippen LogP contribution >= 0.6 is 0 Å². The Balaban J connectivity index is 1.86. The lowest BCUT2D eigenvalue weighted by molar-refractivity contribution is 0.475. The molecule has 3 aromatic carbocycles. The molecule has 2 aromatic heterocycles. The van der Waals surface area contributed by atoms with Gasteiger partial charge in [0.15, 0.2) is 5.65 Å². The molecular weight excluding hydrogens is 338 g/mol. The second kappa shape index (κ2) is 5.85. The summed E-state index contributed by atoms with van der Waals surface area (Å²) in [4.78, 5) is 4.79. The van der Waals surface area contributed by atoms with E-state index in [2.05, 4.69) is 0 Å². The van der Waals surface area contributed by atoms with Gasteiger partial charge in [-0.25, -0.2) is 9.67 Å². The fourth-order valence-electron chi connectivity index (χ4n) is 3.27. The van der Waals surface area contributed by atoms with Crippen LogP contribution in [0.15, 0.2) is 78.9 Å². The molecular formula is C22H15N3O2. The summed E-state index contributed by atoms with van der Waals surface area (Å²) < 4.78 is 1.78. The third-order valence-corrected chi connectivity index (χ3v) is 4.58. The number of fused-ring (bicyclic) bond motifs is 2. The Morgan fingerprint density at radius 2 is 1.48 bits per heavy atom. The van der Waals surface area contributed by atoms with Crippen molar-refractivity contribution in [2.75, 3.05) is 0 Å². The van der Waals surface area contributed by atoms with E-state index in [-0.39, 0.29) is 11.5 Å². The molecule has 5 rings (SSSR count). The molecule has 0 aliphatic heterocycles. The van der Waals surface area contributed by atoms with Crippen LogP contribution in [0.2, 0.25) is 0 Å². The number of benzene rings is 3. The van der Waals surface area contributed by atoms with Gasteiger partial charge in [-0.1, -0.05) is 30.3 Å². The highest BCUT2D eigenvalue weighted by atomic mass is 16.3. The normalized spacial score (nSPS) is 11.3. The van der Waals surface area contributed by atoms with Crippen LogP contribution in [0.25, 0.3) is 38.9 Å². The Kier molecular flexibility index (Phi) is 3.33. The molecule has 0 saturated carbocycles. The molecule has 5 nitrogen and oxygen atoms in total. The van der Waals surface area contributed by atoms with Crippen LogP contribution in [0.3, 0.4) is 0 Å². The number of nitrogens with zero attached hydrogens (tertiary/aromatic N) is 3. The van der Waals surface area contributed by atoms with Crippen LogP contribution in [0.5, 0.6) is 11.5 Å². The molecule has 0 amide bonds. The van der Waals surface area contributed by atoms with E-state index in [0.29, 0.717) is 0 Å². The number of aromatic hydroxyl groups is 2. The minimum Gasteiger partial charge on any atom is -0.508 e. The standard InChI is InChI=1S/C22H15N3O2/c26-17-8-6-16(7-9-17)25-22-19(21(24-25)14-4-2-1-3-5-14)13-15-12-18(27)10-11-20(15)23-22/h1-13,26-27H. The molecule has 0 aliphatic rings. The molecule has 0 saturated heterocycles. The summed E-state index contributed by atoms with van der Waals surface area (Å²) in [7, 11) is 0. The summed E-state index contributed by atoms with van der Waals surface area (Å²) in [5, 5.41) is 26.0. The van der Waals surface area contributed by atoms with Gasteiger partial charge in [0.1, 0.15) is 17.2 Å². The minimum atomic E-state index is 0.201. The summed E-state index contributed by atoms with van der Waals surface area (Å²) in [6.07, 6.45) is 0. The Hall–Kier alpha value is -3.86. The van der Waals surface area contributed by atoms with Gasteiger partial charge >= 0.3 is 0 Å². The zero-order valence-corrected chi connectivity index (χ0v) is 14.2.